The van der Waals surface area contributed by atoms with Crippen molar-refractivity contribution in [2.45, 2.75) is 46.0 Å². The molecule has 2 N–H and O–H groups in total. The zero-order chi connectivity index (χ0) is 12.8. The van der Waals surface area contributed by atoms with Gasteiger partial charge in [0.1, 0.15) is 6.42 Å². The molecule has 0 aliphatic carbocycles. The van der Waals surface area contributed by atoms with Crippen molar-refractivity contribution in [3.63, 3.8) is 0 Å². The number of carboxylic acid groups (broad SMARTS) is 2. The van der Waals surface area contributed by atoms with E-state index < -0.39 is 18.4 Å². The normalized spacial score (nSPS) is 9.12. The van der Waals surface area contributed by atoms with Crippen molar-refractivity contribution in [2.24, 2.45) is 0 Å². The zero-order valence-electron chi connectivity index (χ0n) is 10.1. The number of unbranched alkanes of at least 4 members (excludes halogenated alkanes) is 2. The summed E-state index contributed by atoms with van der Waals surface area (Å²) in [5.74, 6) is -2.62. The molecule has 5 heteroatoms. The number of ether oxygens (including phenoxy) is 1. The molecule has 0 spiro atoms. The van der Waals surface area contributed by atoms with E-state index in [2.05, 4.69) is 13.8 Å². The Bertz CT molecular complexity index is 161. The van der Waals surface area contributed by atoms with E-state index in [0.717, 1.165) is 13.2 Å². The van der Waals surface area contributed by atoms with E-state index in [1.54, 1.807) is 0 Å². The number of hydrogen-bond donors (Lipinski definition) is 2. The lowest BCUT2D eigenvalue weighted by molar-refractivity contribution is -0.147. The average Bonchev–Trinajstić information content (AvgIpc) is 2.16. The fraction of sp³-hybridized carbons (Fsp3) is 0.818. The van der Waals surface area contributed by atoms with Gasteiger partial charge in [0.15, 0.2) is 0 Å². The quantitative estimate of drug-likeness (QED) is 0.496. The maximum absolute atomic E-state index is 9.43. The highest BCUT2D eigenvalue weighted by molar-refractivity contribution is 5.88. The molecule has 96 valence electrons. The summed E-state index contributed by atoms with van der Waals surface area (Å²) in [5.41, 5.74) is 0. The maximum Gasteiger partial charge on any atom is 0.314 e. The van der Waals surface area contributed by atoms with Crippen LogP contribution in [0.3, 0.4) is 0 Å². The van der Waals surface area contributed by atoms with Crippen LogP contribution in [0.4, 0.5) is 0 Å². The summed E-state index contributed by atoms with van der Waals surface area (Å²) in [6.07, 6.45) is 4.10. The number of rotatable bonds is 8. The van der Waals surface area contributed by atoms with Crippen LogP contribution in [0.25, 0.3) is 0 Å². The third-order valence-corrected chi connectivity index (χ3v) is 1.59. The van der Waals surface area contributed by atoms with E-state index in [1.807, 2.05) is 0 Å². The summed E-state index contributed by atoms with van der Waals surface area (Å²) < 4.78 is 5.31. The van der Waals surface area contributed by atoms with E-state index in [0.29, 0.717) is 0 Å². The molecule has 0 fully saturated rings. The molecule has 0 aliphatic heterocycles. The molecule has 0 rings (SSSR count). The van der Waals surface area contributed by atoms with Crippen molar-refractivity contribution in [3.8, 4) is 0 Å². The average molecular weight is 234 g/mol. The van der Waals surface area contributed by atoms with Crippen LogP contribution >= 0.6 is 0 Å². The molecule has 0 saturated heterocycles. The van der Waals surface area contributed by atoms with Crippen LogP contribution in [-0.2, 0) is 14.3 Å². The second-order valence-electron chi connectivity index (χ2n) is 3.28. The molecular formula is C11H22O5. The molecule has 5 nitrogen and oxygen atoms in total. The lowest BCUT2D eigenvalue weighted by atomic mass is 10.3. The number of aliphatic carboxylic acids is 2. The predicted octanol–water partition coefficient (Wildman–Crippen LogP) is 2.15. The van der Waals surface area contributed by atoms with Gasteiger partial charge in [-0.2, -0.15) is 0 Å². The van der Waals surface area contributed by atoms with Crippen LogP contribution in [0.1, 0.15) is 46.0 Å². The largest absolute Gasteiger partial charge is 0.481 e. The number of hydrogen-bond acceptors (Lipinski definition) is 3. The smallest absolute Gasteiger partial charge is 0.314 e. The molecule has 0 atom stereocenters. The Morgan fingerprint density at radius 2 is 1.31 bits per heavy atom. The first-order valence-electron chi connectivity index (χ1n) is 5.55. The van der Waals surface area contributed by atoms with Crippen molar-refractivity contribution < 1.29 is 24.5 Å². The monoisotopic (exact) mass is 234 g/mol. The van der Waals surface area contributed by atoms with Crippen LogP contribution in [0.2, 0.25) is 0 Å². The van der Waals surface area contributed by atoms with Crippen LogP contribution in [0.5, 0.6) is 0 Å². The Balaban J connectivity index is 0. The highest BCUT2D eigenvalue weighted by atomic mass is 16.5. The molecule has 0 bridgehead atoms. The second-order valence-corrected chi connectivity index (χ2v) is 3.28. The minimum atomic E-state index is -1.31. The van der Waals surface area contributed by atoms with Gasteiger partial charge in [0, 0.05) is 13.2 Å². The summed E-state index contributed by atoms with van der Waals surface area (Å²) >= 11 is 0. The summed E-state index contributed by atoms with van der Waals surface area (Å²) in [7, 11) is 0. The Kier molecular flexibility index (Phi) is 15.0. The van der Waals surface area contributed by atoms with Gasteiger partial charge < -0.3 is 14.9 Å². The Hall–Kier alpha value is -1.10. The van der Waals surface area contributed by atoms with E-state index in [-0.39, 0.29) is 0 Å². The van der Waals surface area contributed by atoms with Gasteiger partial charge in [0.05, 0.1) is 0 Å². The summed E-state index contributed by atoms with van der Waals surface area (Å²) in [5, 5.41) is 15.4. The van der Waals surface area contributed by atoms with Gasteiger partial charge in [-0.05, 0) is 12.8 Å². The minimum absolute atomic E-state index is 0.806. The number of carboxylic acids is 2. The highest BCUT2D eigenvalue weighted by Crippen LogP contribution is 1.91. The molecule has 0 aromatic rings. The fourth-order valence-electron chi connectivity index (χ4n) is 0.724. The van der Waals surface area contributed by atoms with Gasteiger partial charge in [-0.25, -0.2) is 0 Å². The standard InChI is InChI=1S/C8H18O.C3H4O4/c1-3-5-7-9-8-6-4-2;4-2(5)1-3(6)7/h3-8H2,1-2H3;1H2,(H,4,5)(H,6,7). The Morgan fingerprint density at radius 1 is 0.938 bits per heavy atom. The highest BCUT2D eigenvalue weighted by Gasteiger charge is 2.01. The van der Waals surface area contributed by atoms with Crippen LogP contribution in [-0.4, -0.2) is 35.4 Å². The SMILES string of the molecule is CCCCOCCCC.O=C(O)CC(=O)O. The van der Waals surface area contributed by atoms with Crippen molar-refractivity contribution in [2.75, 3.05) is 13.2 Å². The van der Waals surface area contributed by atoms with Gasteiger partial charge in [-0.15, -0.1) is 0 Å². The van der Waals surface area contributed by atoms with E-state index in [4.69, 9.17) is 14.9 Å². The van der Waals surface area contributed by atoms with Gasteiger partial charge in [-0.3, -0.25) is 9.59 Å². The minimum Gasteiger partial charge on any atom is -0.481 e. The molecule has 0 heterocycles. The fourth-order valence-corrected chi connectivity index (χ4v) is 0.724. The third kappa shape index (κ3) is 23.1. The third-order valence-electron chi connectivity index (χ3n) is 1.59. The summed E-state index contributed by atoms with van der Waals surface area (Å²) in [6.45, 7) is 6.28. The molecule has 0 aromatic heterocycles. The molecule has 0 unspecified atom stereocenters. The van der Waals surface area contributed by atoms with Crippen LogP contribution in [0.15, 0.2) is 0 Å². The number of carbonyl (C=O) groups is 2. The van der Waals surface area contributed by atoms with Gasteiger partial charge in [-0.1, -0.05) is 26.7 Å². The van der Waals surface area contributed by atoms with E-state index in [1.165, 1.54) is 25.7 Å². The van der Waals surface area contributed by atoms with Crippen molar-refractivity contribution in [3.05, 3.63) is 0 Å². The first-order chi connectivity index (χ1) is 7.54. The lowest BCUT2D eigenvalue weighted by Crippen LogP contribution is -2.03. The zero-order valence-corrected chi connectivity index (χ0v) is 10.1. The Morgan fingerprint density at radius 3 is 1.50 bits per heavy atom. The molecule has 16 heavy (non-hydrogen) atoms. The van der Waals surface area contributed by atoms with E-state index >= 15 is 0 Å². The first-order valence-corrected chi connectivity index (χ1v) is 5.55. The molecule has 0 aromatic carbocycles. The topological polar surface area (TPSA) is 83.8 Å². The van der Waals surface area contributed by atoms with Gasteiger partial charge >= 0.3 is 11.9 Å². The molecule has 0 saturated carbocycles. The van der Waals surface area contributed by atoms with Crippen LogP contribution in [0, 0.1) is 0 Å². The van der Waals surface area contributed by atoms with Crippen molar-refractivity contribution in [1.82, 2.24) is 0 Å². The summed E-state index contributed by atoms with van der Waals surface area (Å²) in [4.78, 5) is 18.9. The maximum atomic E-state index is 9.43. The molecular weight excluding hydrogens is 212 g/mol. The predicted molar refractivity (Wildman–Crippen MR) is 60.5 cm³/mol. The van der Waals surface area contributed by atoms with Crippen LogP contribution < -0.4 is 0 Å². The second kappa shape index (κ2) is 13.9. The Labute approximate surface area is 96.4 Å². The molecule has 0 amide bonds. The van der Waals surface area contributed by atoms with Gasteiger partial charge in [0.2, 0.25) is 0 Å². The van der Waals surface area contributed by atoms with Crippen molar-refractivity contribution >= 4 is 11.9 Å². The molecule has 0 aliphatic rings. The lowest BCUT2D eigenvalue weighted by Gasteiger charge is -1.99. The van der Waals surface area contributed by atoms with Crippen molar-refractivity contribution in [1.29, 1.82) is 0 Å². The molecule has 0 radical (unpaired) electrons. The summed E-state index contributed by atoms with van der Waals surface area (Å²) in [6, 6.07) is 0. The van der Waals surface area contributed by atoms with E-state index in [9.17, 15) is 9.59 Å². The van der Waals surface area contributed by atoms with Gasteiger partial charge in [0.25, 0.3) is 0 Å². The first kappa shape index (κ1) is 17.3.